The molecule has 0 aliphatic carbocycles. The number of hydrogen-bond donors (Lipinski definition) is 2. The van der Waals surface area contributed by atoms with E-state index in [1.807, 2.05) is 32.9 Å². The Bertz CT molecular complexity index is 463. The van der Waals surface area contributed by atoms with E-state index in [9.17, 15) is 4.79 Å². The summed E-state index contributed by atoms with van der Waals surface area (Å²) in [5, 5.41) is 11.3. The number of anilines is 1. The first-order chi connectivity index (χ1) is 7.95. The summed E-state index contributed by atoms with van der Waals surface area (Å²) in [5.74, 6) is 0.0271. The number of carbonyl (C=O) groups excluding carboxylic acids is 1. The molecule has 17 heavy (non-hydrogen) atoms. The zero-order valence-electron chi connectivity index (χ0n) is 10.2. The van der Waals surface area contributed by atoms with Crippen LogP contribution in [-0.4, -0.2) is 11.2 Å². The predicted molar refractivity (Wildman–Crippen MR) is 72.1 cm³/mol. The van der Waals surface area contributed by atoms with Crippen LogP contribution < -0.4 is 5.32 Å². The van der Waals surface area contributed by atoms with Crippen molar-refractivity contribution >= 4 is 24.2 Å². The van der Waals surface area contributed by atoms with Crippen LogP contribution in [0.2, 0.25) is 0 Å². The van der Waals surface area contributed by atoms with E-state index in [0.29, 0.717) is 11.3 Å². The van der Waals surface area contributed by atoms with E-state index in [4.69, 9.17) is 5.26 Å². The third kappa shape index (κ3) is 3.50. The van der Waals surface area contributed by atoms with Crippen molar-refractivity contribution in [2.75, 3.05) is 5.32 Å². The van der Waals surface area contributed by atoms with E-state index >= 15 is 0 Å². The standard InChI is InChI=1S/C13H16N2OS/c1-8(2)12(17)13(16)15-11-6-10(7-14)5-4-9(11)3/h4-6,8,12,17H,1-3H3,(H,15,16). The Morgan fingerprint density at radius 3 is 2.65 bits per heavy atom. The molecule has 0 saturated heterocycles. The first-order valence-electron chi connectivity index (χ1n) is 5.45. The Morgan fingerprint density at radius 1 is 1.47 bits per heavy atom. The Morgan fingerprint density at radius 2 is 2.12 bits per heavy atom. The predicted octanol–water partition coefficient (Wildman–Crippen LogP) is 2.76. The molecule has 0 heterocycles. The van der Waals surface area contributed by atoms with Gasteiger partial charge in [-0.1, -0.05) is 19.9 Å². The van der Waals surface area contributed by atoms with Gasteiger partial charge in [0.2, 0.25) is 5.91 Å². The number of thiol groups is 1. The number of nitriles is 1. The number of amides is 1. The van der Waals surface area contributed by atoms with Gasteiger partial charge in [-0.3, -0.25) is 4.79 Å². The maximum Gasteiger partial charge on any atom is 0.237 e. The van der Waals surface area contributed by atoms with Crippen LogP contribution in [0.15, 0.2) is 18.2 Å². The third-order valence-corrected chi connectivity index (χ3v) is 3.36. The molecule has 90 valence electrons. The van der Waals surface area contributed by atoms with E-state index in [1.54, 1.807) is 12.1 Å². The molecule has 1 amide bonds. The van der Waals surface area contributed by atoms with Crippen molar-refractivity contribution in [3.8, 4) is 6.07 Å². The van der Waals surface area contributed by atoms with E-state index in [0.717, 1.165) is 5.56 Å². The van der Waals surface area contributed by atoms with Crippen molar-refractivity contribution in [2.45, 2.75) is 26.0 Å². The molecule has 1 aromatic rings. The fourth-order valence-electron chi connectivity index (χ4n) is 1.34. The summed E-state index contributed by atoms with van der Waals surface area (Å²) in [6, 6.07) is 7.27. The largest absolute Gasteiger partial charge is 0.325 e. The van der Waals surface area contributed by atoms with Crippen LogP contribution in [0.1, 0.15) is 25.0 Å². The second kappa shape index (κ2) is 5.74. The minimum atomic E-state index is -0.347. The van der Waals surface area contributed by atoms with Gasteiger partial charge in [0.25, 0.3) is 0 Å². The Kier molecular flexibility index (Phi) is 4.59. The molecule has 0 fully saturated rings. The van der Waals surface area contributed by atoms with Crippen LogP contribution >= 0.6 is 12.6 Å². The lowest BCUT2D eigenvalue weighted by Crippen LogP contribution is -2.27. The van der Waals surface area contributed by atoms with Crippen LogP contribution in [0.5, 0.6) is 0 Å². The molecule has 1 N–H and O–H groups in total. The summed E-state index contributed by atoms with van der Waals surface area (Å²) in [6.45, 7) is 5.77. The molecule has 3 nitrogen and oxygen atoms in total. The Hall–Kier alpha value is -1.47. The highest BCUT2D eigenvalue weighted by Gasteiger charge is 2.18. The molecule has 0 aromatic heterocycles. The van der Waals surface area contributed by atoms with Crippen LogP contribution in [-0.2, 0) is 4.79 Å². The maximum atomic E-state index is 11.8. The highest BCUT2D eigenvalue weighted by Crippen LogP contribution is 2.18. The molecule has 0 saturated carbocycles. The molecule has 0 aliphatic rings. The lowest BCUT2D eigenvalue weighted by molar-refractivity contribution is -0.116. The number of carbonyl (C=O) groups is 1. The van der Waals surface area contributed by atoms with Crippen LogP contribution in [0.25, 0.3) is 0 Å². The van der Waals surface area contributed by atoms with Gasteiger partial charge in [0.05, 0.1) is 16.9 Å². The zero-order valence-corrected chi connectivity index (χ0v) is 11.1. The maximum absolute atomic E-state index is 11.8. The minimum absolute atomic E-state index is 0.137. The second-order valence-electron chi connectivity index (χ2n) is 4.32. The summed E-state index contributed by atoms with van der Waals surface area (Å²) < 4.78 is 0. The number of aryl methyl sites for hydroxylation is 1. The number of hydrogen-bond acceptors (Lipinski definition) is 3. The first kappa shape index (κ1) is 13.6. The van der Waals surface area contributed by atoms with Gasteiger partial charge in [-0.25, -0.2) is 0 Å². The molecule has 0 bridgehead atoms. The number of nitrogens with zero attached hydrogens (tertiary/aromatic N) is 1. The molecule has 0 spiro atoms. The zero-order chi connectivity index (χ0) is 13.0. The van der Waals surface area contributed by atoms with E-state index in [2.05, 4.69) is 17.9 Å². The van der Waals surface area contributed by atoms with E-state index in [-0.39, 0.29) is 17.1 Å². The second-order valence-corrected chi connectivity index (χ2v) is 4.88. The summed E-state index contributed by atoms with van der Waals surface area (Å²) in [6.07, 6.45) is 0. The fraction of sp³-hybridized carbons (Fsp3) is 0.385. The quantitative estimate of drug-likeness (QED) is 0.808. The van der Waals surface area contributed by atoms with Gasteiger partial charge < -0.3 is 5.32 Å². The molecule has 1 rings (SSSR count). The van der Waals surface area contributed by atoms with Crippen molar-refractivity contribution in [3.05, 3.63) is 29.3 Å². The molecule has 1 atom stereocenters. The van der Waals surface area contributed by atoms with Crippen molar-refractivity contribution in [1.29, 1.82) is 5.26 Å². The molecule has 4 heteroatoms. The number of rotatable bonds is 3. The SMILES string of the molecule is Cc1ccc(C#N)cc1NC(=O)C(S)C(C)C. The smallest absolute Gasteiger partial charge is 0.237 e. The average molecular weight is 248 g/mol. The van der Waals surface area contributed by atoms with E-state index in [1.165, 1.54) is 0 Å². The first-order valence-corrected chi connectivity index (χ1v) is 5.97. The molecule has 0 radical (unpaired) electrons. The highest BCUT2D eigenvalue weighted by atomic mass is 32.1. The number of nitrogens with one attached hydrogen (secondary N) is 1. The Balaban J connectivity index is 2.88. The monoisotopic (exact) mass is 248 g/mol. The Labute approximate surface area is 107 Å². The van der Waals surface area contributed by atoms with Gasteiger partial charge in [0.15, 0.2) is 0 Å². The van der Waals surface area contributed by atoms with Crippen LogP contribution in [0.3, 0.4) is 0 Å². The molecule has 1 unspecified atom stereocenters. The van der Waals surface area contributed by atoms with Crippen LogP contribution in [0, 0.1) is 24.2 Å². The summed E-state index contributed by atoms with van der Waals surface area (Å²) >= 11 is 4.26. The van der Waals surface area contributed by atoms with Crippen molar-refractivity contribution in [2.24, 2.45) is 5.92 Å². The number of benzene rings is 1. The van der Waals surface area contributed by atoms with Gasteiger partial charge in [-0.15, -0.1) is 0 Å². The minimum Gasteiger partial charge on any atom is -0.325 e. The van der Waals surface area contributed by atoms with Crippen molar-refractivity contribution < 1.29 is 4.79 Å². The summed E-state index contributed by atoms with van der Waals surface area (Å²) in [5.41, 5.74) is 2.14. The van der Waals surface area contributed by atoms with Crippen LogP contribution in [0.4, 0.5) is 5.69 Å². The van der Waals surface area contributed by atoms with Gasteiger partial charge >= 0.3 is 0 Å². The lowest BCUT2D eigenvalue weighted by atomic mass is 10.1. The summed E-state index contributed by atoms with van der Waals surface area (Å²) in [7, 11) is 0. The third-order valence-electron chi connectivity index (χ3n) is 2.52. The highest BCUT2D eigenvalue weighted by molar-refractivity contribution is 7.81. The van der Waals surface area contributed by atoms with Gasteiger partial charge in [0.1, 0.15) is 0 Å². The van der Waals surface area contributed by atoms with E-state index < -0.39 is 0 Å². The van der Waals surface area contributed by atoms with Gasteiger partial charge in [-0.05, 0) is 30.5 Å². The van der Waals surface area contributed by atoms with Crippen molar-refractivity contribution in [3.63, 3.8) is 0 Å². The molecule has 0 aliphatic heterocycles. The lowest BCUT2D eigenvalue weighted by Gasteiger charge is -2.15. The molecular formula is C13H16N2OS. The average Bonchev–Trinajstić information content (AvgIpc) is 2.30. The topological polar surface area (TPSA) is 52.9 Å². The fourth-order valence-corrected chi connectivity index (χ4v) is 1.40. The summed E-state index contributed by atoms with van der Waals surface area (Å²) in [4.78, 5) is 11.8. The molecular weight excluding hydrogens is 232 g/mol. The van der Waals surface area contributed by atoms with Gasteiger partial charge in [0, 0.05) is 5.69 Å². The van der Waals surface area contributed by atoms with Gasteiger partial charge in [-0.2, -0.15) is 17.9 Å². The normalized spacial score (nSPS) is 12.0. The molecule has 1 aromatic carbocycles. The van der Waals surface area contributed by atoms with Crippen molar-refractivity contribution in [1.82, 2.24) is 0 Å².